The Morgan fingerprint density at radius 2 is 2.35 bits per heavy atom. The number of hydrogen-bond acceptors (Lipinski definition) is 3. The maximum atomic E-state index is 12.6. The molecule has 0 saturated heterocycles. The summed E-state index contributed by atoms with van der Waals surface area (Å²) in [6.07, 6.45) is 3.79. The molecule has 4 rings (SSSR count). The van der Waals surface area contributed by atoms with Crippen LogP contribution in [0.15, 0.2) is 30.9 Å². The number of carbonyl (C=O) groups is 2. The Kier molecular flexibility index (Phi) is 3.27. The number of Topliss-reactive ketones (excluding diaryl/α,β-unsaturated/α-hetero) is 1. The molecule has 0 unspecified atom stereocenters. The van der Waals surface area contributed by atoms with Crippen molar-refractivity contribution in [1.29, 1.82) is 0 Å². The smallest absolute Gasteiger partial charge is 0.224 e. The first kappa shape index (κ1) is 14.8. The minimum Gasteiger partial charge on any atom is -0.486 e. The third kappa shape index (κ3) is 2.19. The van der Waals surface area contributed by atoms with Crippen LogP contribution >= 0.6 is 11.6 Å². The lowest BCUT2D eigenvalue weighted by Crippen LogP contribution is -2.44. The molecular weight excluding hydrogens is 314 g/mol. The van der Waals surface area contributed by atoms with E-state index >= 15 is 0 Å². The average molecular weight is 332 g/mol. The number of amides is 1. The van der Waals surface area contributed by atoms with Gasteiger partial charge in [-0.2, -0.15) is 0 Å². The van der Waals surface area contributed by atoms with E-state index in [2.05, 4.69) is 11.9 Å². The predicted molar refractivity (Wildman–Crippen MR) is 86.7 cm³/mol. The van der Waals surface area contributed by atoms with Gasteiger partial charge in [-0.15, -0.1) is 6.58 Å². The maximum absolute atomic E-state index is 12.6. The summed E-state index contributed by atoms with van der Waals surface area (Å²) in [6.45, 7) is 4.09. The lowest BCUT2D eigenvalue weighted by molar-refractivity contribution is -0.123. The number of nitrogens with one attached hydrogen (secondary N) is 1. The van der Waals surface area contributed by atoms with Gasteiger partial charge in [0.05, 0.1) is 12.0 Å². The molecule has 0 bridgehead atoms. The highest BCUT2D eigenvalue weighted by atomic mass is 35.5. The summed E-state index contributed by atoms with van der Waals surface area (Å²) in [5, 5.41) is 3.40. The zero-order valence-corrected chi connectivity index (χ0v) is 13.4. The second-order valence-electron chi connectivity index (χ2n) is 6.70. The van der Waals surface area contributed by atoms with Gasteiger partial charge in [-0.25, -0.2) is 0 Å². The van der Waals surface area contributed by atoms with Gasteiger partial charge in [0.25, 0.3) is 0 Å². The van der Waals surface area contributed by atoms with Crippen molar-refractivity contribution in [2.24, 2.45) is 17.8 Å². The number of ketones is 1. The van der Waals surface area contributed by atoms with Crippen molar-refractivity contribution in [1.82, 2.24) is 5.32 Å². The quantitative estimate of drug-likeness (QED) is 0.866. The van der Waals surface area contributed by atoms with E-state index in [9.17, 15) is 9.59 Å². The molecule has 0 radical (unpaired) electrons. The van der Waals surface area contributed by atoms with E-state index in [0.29, 0.717) is 35.2 Å². The Morgan fingerprint density at radius 1 is 1.52 bits per heavy atom. The number of hydrogen-bond donors (Lipinski definition) is 1. The zero-order chi connectivity index (χ0) is 16.2. The standard InChI is InChI=1S/C18H18ClNO3/c1-2-7-20-17(22)15-11-5-6-18(16(11)15)9-13(21)12-8-10(19)3-4-14(12)23-18/h2-4,8,11,15-16H,1,5-7,9H2,(H,20,22)/t11-,15+,16+,18+/m0/s1. The van der Waals surface area contributed by atoms with E-state index in [1.165, 1.54) is 0 Å². The molecule has 1 heterocycles. The van der Waals surface area contributed by atoms with Crippen molar-refractivity contribution in [3.8, 4) is 5.75 Å². The van der Waals surface area contributed by atoms with Gasteiger partial charge in [-0.3, -0.25) is 9.59 Å². The minimum absolute atomic E-state index is 0.0367. The van der Waals surface area contributed by atoms with E-state index in [1.54, 1.807) is 24.3 Å². The first-order chi connectivity index (χ1) is 11.1. The van der Waals surface area contributed by atoms with Gasteiger partial charge in [-0.1, -0.05) is 17.7 Å². The van der Waals surface area contributed by atoms with Crippen LogP contribution in [0.5, 0.6) is 5.75 Å². The molecule has 120 valence electrons. The lowest BCUT2D eigenvalue weighted by Gasteiger charge is -2.37. The molecule has 2 saturated carbocycles. The molecule has 1 amide bonds. The van der Waals surface area contributed by atoms with Crippen LogP contribution in [0.4, 0.5) is 0 Å². The Labute approximate surface area is 139 Å². The molecule has 1 N–H and O–H groups in total. The van der Waals surface area contributed by atoms with E-state index in [0.717, 1.165) is 12.8 Å². The van der Waals surface area contributed by atoms with Gasteiger partial charge >= 0.3 is 0 Å². The van der Waals surface area contributed by atoms with Crippen molar-refractivity contribution in [2.45, 2.75) is 24.9 Å². The highest BCUT2D eigenvalue weighted by Gasteiger charge is 2.70. The summed E-state index contributed by atoms with van der Waals surface area (Å²) in [6, 6.07) is 5.17. The average Bonchev–Trinajstić information content (AvgIpc) is 3.18. The summed E-state index contributed by atoms with van der Waals surface area (Å²) in [5.41, 5.74) is 0.0403. The molecule has 2 fully saturated rings. The number of benzene rings is 1. The summed E-state index contributed by atoms with van der Waals surface area (Å²) in [4.78, 5) is 24.8. The van der Waals surface area contributed by atoms with E-state index in [1.807, 2.05) is 0 Å². The Hall–Kier alpha value is -1.81. The Balaban J connectivity index is 1.59. The molecular formula is C18H18ClNO3. The van der Waals surface area contributed by atoms with Gasteiger partial charge in [0.2, 0.25) is 5.91 Å². The fourth-order valence-electron chi connectivity index (χ4n) is 4.43. The number of carbonyl (C=O) groups excluding carboxylic acids is 2. The first-order valence-electron chi connectivity index (χ1n) is 7.96. The molecule has 1 spiro atoms. The number of halogens is 1. The van der Waals surface area contributed by atoms with Gasteiger partial charge < -0.3 is 10.1 Å². The summed E-state index contributed by atoms with van der Waals surface area (Å²) in [7, 11) is 0. The van der Waals surface area contributed by atoms with Gasteiger partial charge in [-0.05, 0) is 37.0 Å². The van der Waals surface area contributed by atoms with Crippen molar-refractivity contribution in [3.05, 3.63) is 41.4 Å². The van der Waals surface area contributed by atoms with Crippen LogP contribution in [-0.4, -0.2) is 23.8 Å². The Bertz CT molecular complexity index is 716. The topological polar surface area (TPSA) is 55.4 Å². The third-order valence-corrected chi connectivity index (χ3v) is 5.65. The van der Waals surface area contributed by atoms with Crippen LogP contribution < -0.4 is 10.1 Å². The molecule has 1 aliphatic heterocycles. The van der Waals surface area contributed by atoms with Crippen LogP contribution in [-0.2, 0) is 4.79 Å². The third-order valence-electron chi connectivity index (χ3n) is 5.42. The number of fused-ring (bicyclic) bond motifs is 3. The number of rotatable bonds is 3. The van der Waals surface area contributed by atoms with Crippen molar-refractivity contribution >= 4 is 23.3 Å². The van der Waals surface area contributed by atoms with E-state index in [4.69, 9.17) is 16.3 Å². The predicted octanol–water partition coefficient (Wildman–Crippen LogP) is 3.00. The fraction of sp³-hybridized carbons (Fsp3) is 0.444. The normalized spacial score (nSPS) is 33.6. The van der Waals surface area contributed by atoms with E-state index in [-0.39, 0.29) is 23.5 Å². The zero-order valence-electron chi connectivity index (χ0n) is 12.7. The highest BCUT2D eigenvalue weighted by Crippen LogP contribution is 2.65. The number of ether oxygens (including phenoxy) is 1. The molecule has 0 aromatic heterocycles. The van der Waals surface area contributed by atoms with Gasteiger partial charge in [0.1, 0.15) is 11.4 Å². The van der Waals surface area contributed by atoms with Crippen molar-refractivity contribution in [2.75, 3.05) is 6.54 Å². The van der Waals surface area contributed by atoms with Gasteiger partial charge in [0, 0.05) is 23.4 Å². The summed E-state index contributed by atoms with van der Waals surface area (Å²) >= 11 is 5.97. The Morgan fingerprint density at radius 3 is 3.13 bits per heavy atom. The van der Waals surface area contributed by atoms with E-state index < -0.39 is 5.60 Å². The molecule has 4 nitrogen and oxygen atoms in total. The second kappa shape index (κ2) is 5.10. The van der Waals surface area contributed by atoms with Crippen molar-refractivity contribution < 1.29 is 14.3 Å². The lowest BCUT2D eigenvalue weighted by atomic mass is 9.84. The van der Waals surface area contributed by atoms with Crippen molar-refractivity contribution in [3.63, 3.8) is 0 Å². The van der Waals surface area contributed by atoms with Gasteiger partial charge in [0.15, 0.2) is 5.78 Å². The second-order valence-corrected chi connectivity index (χ2v) is 7.13. The van der Waals surface area contributed by atoms with Crippen LogP contribution in [0.3, 0.4) is 0 Å². The molecule has 4 atom stereocenters. The molecule has 23 heavy (non-hydrogen) atoms. The maximum Gasteiger partial charge on any atom is 0.224 e. The molecule has 3 aliphatic rings. The van der Waals surface area contributed by atoms with Crippen LogP contribution in [0.2, 0.25) is 5.02 Å². The summed E-state index contributed by atoms with van der Waals surface area (Å²) in [5.74, 6) is 1.15. The molecule has 1 aromatic rings. The molecule has 1 aromatic carbocycles. The largest absolute Gasteiger partial charge is 0.486 e. The molecule has 5 heteroatoms. The minimum atomic E-state index is -0.515. The highest BCUT2D eigenvalue weighted by molar-refractivity contribution is 6.31. The SMILES string of the molecule is C=CCNC(=O)[C@@H]1[C@@H]2CC[C@@]3(CC(=O)c4cc(Cl)ccc4O3)[C@H]21. The molecule has 2 aliphatic carbocycles. The van der Waals surface area contributed by atoms with Crippen LogP contribution in [0.25, 0.3) is 0 Å². The monoisotopic (exact) mass is 331 g/mol. The van der Waals surface area contributed by atoms with Crippen LogP contribution in [0.1, 0.15) is 29.6 Å². The summed E-state index contributed by atoms with van der Waals surface area (Å²) < 4.78 is 6.26. The fourth-order valence-corrected chi connectivity index (χ4v) is 4.60. The van der Waals surface area contributed by atoms with Crippen LogP contribution in [0, 0.1) is 17.8 Å². The first-order valence-corrected chi connectivity index (χ1v) is 8.34.